The van der Waals surface area contributed by atoms with E-state index in [-0.39, 0.29) is 6.10 Å². The van der Waals surface area contributed by atoms with Crippen LogP contribution in [0.1, 0.15) is 39.0 Å². The highest BCUT2D eigenvalue weighted by atomic mass is 16.3. The van der Waals surface area contributed by atoms with E-state index in [1.54, 1.807) is 0 Å². The predicted molar refractivity (Wildman–Crippen MR) is 63.2 cm³/mol. The lowest BCUT2D eigenvalue weighted by Crippen LogP contribution is -2.45. The van der Waals surface area contributed by atoms with Crippen molar-refractivity contribution in [3.8, 4) is 0 Å². The van der Waals surface area contributed by atoms with Gasteiger partial charge in [0, 0.05) is 12.5 Å². The molecular formula is C13H23NO2. The first kappa shape index (κ1) is 12.1. The molecule has 2 fully saturated rings. The molecule has 2 atom stereocenters. The number of β-amino-alcohol motifs (C(OH)–C–C–N with tert-alkyl or cyclic N) is 1. The van der Waals surface area contributed by atoms with Gasteiger partial charge in [-0.15, -0.1) is 0 Å². The molecule has 0 aromatic heterocycles. The Balaban J connectivity index is 1.78. The summed E-state index contributed by atoms with van der Waals surface area (Å²) in [6, 6.07) is 0. The van der Waals surface area contributed by atoms with E-state index in [2.05, 4.69) is 11.8 Å². The molecule has 1 heterocycles. The van der Waals surface area contributed by atoms with Gasteiger partial charge in [0.25, 0.3) is 0 Å². The Labute approximate surface area is 97.8 Å². The van der Waals surface area contributed by atoms with Crippen LogP contribution in [0.15, 0.2) is 0 Å². The van der Waals surface area contributed by atoms with Gasteiger partial charge in [0.05, 0.1) is 12.6 Å². The highest BCUT2D eigenvalue weighted by Crippen LogP contribution is 2.26. The second kappa shape index (κ2) is 5.28. The van der Waals surface area contributed by atoms with Crippen LogP contribution in [0.25, 0.3) is 0 Å². The smallest absolute Gasteiger partial charge is 0.149 e. The minimum absolute atomic E-state index is 0.245. The van der Waals surface area contributed by atoms with E-state index in [9.17, 15) is 9.90 Å². The number of rotatable bonds is 3. The molecular weight excluding hydrogens is 202 g/mol. The summed E-state index contributed by atoms with van der Waals surface area (Å²) in [4.78, 5) is 14.1. The number of ketones is 1. The molecule has 1 aliphatic heterocycles. The van der Waals surface area contributed by atoms with Crippen LogP contribution in [-0.2, 0) is 4.79 Å². The first-order valence-electron chi connectivity index (χ1n) is 6.60. The molecule has 3 nitrogen and oxygen atoms in total. The first-order valence-corrected chi connectivity index (χ1v) is 6.60. The Kier molecular flexibility index (Phi) is 3.98. The normalized spacial score (nSPS) is 33.1. The number of piperidine rings is 1. The molecule has 0 aromatic carbocycles. The maximum atomic E-state index is 12.0. The molecule has 0 aromatic rings. The van der Waals surface area contributed by atoms with Crippen molar-refractivity contribution in [2.75, 3.05) is 19.6 Å². The van der Waals surface area contributed by atoms with Crippen molar-refractivity contribution in [1.29, 1.82) is 0 Å². The third-order valence-electron chi connectivity index (χ3n) is 4.19. The van der Waals surface area contributed by atoms with E-state index >= 15 is 0 Å². The van der Waals surface area contributed by atoms with Crippen LogP contribution in [0.2, 0.25) is 0 Å². The summed E-state index contributed by atoms with van der Waals surface area (Å²) in [5, 5.41) is 9.77. The molecule has 0 spiro atoms. The van der Waals surface area contributed by atoms with Gasteiger partial charge in [-0.3, -0.25) is 9.69 Å². The van der Waals surface area contributed by atoms with E-state index in [1.165, 1.54) is 12.8 Å². The van der Waals surface area contributed by atoms with E-state index in [0.29, 0.717) is 30.7 Å². The standard InChI is InChI=1S/C13H23NO2/c1-10-6-7-14(8-12(10)15)9-13(16)11-4-2-3-5-11/h10-12,15H,2-9H2,1H3. The van der Waals surface area contributed by atoms with Crippen LogP contribution in [0.5, 0.6) is 0 Å². The summed E-state index contributed by atoms with van der Waals surface area (Å²) in [6.45, 7) is 4.30. The number of hydrogen-bond acceptors (Lipinski definition) is 3. The number of carbonyl (C=O) groups excluding carboxylic acids is 1. The second-order valence-corrected chi connectivity index (χ2v) is 5.52. The van der Waals surface area contributed by atoms with Gasteiger partial charge in [-0.1, -0.05) is 19.8 Å². The molecule has 3 heteroatoms. The number of carbonyl (C=O) groups is 1. The number of aliphatic hydroxyl groups excluding tert-OH is 1. The molecule has 1 saturated carbocycles. The average molecular weight is 225 g/mol. The molecule has 2 aliphatic rings. The van der Waals surface area contributed by atoms with Crippen molar-refractivity contribution in [3.05, 3.63) is 0 Å². The van der Waals surface area contributed by atoms with Gasteiger partial charge >= 0.3 is 0 Å². The Morgan fingerprint density at radius 1 is 1.31 bits per heavy atom. The molecule has 1 N–H and O–H groups in total. The molecule has 2 unspecified atom stereocenters. The fourth-order valence-electron chi connectivity index (χ4n) is 2.86. The third-order valence-corrected chi connectivity index (χ3v) is 4.19. The summed E-state index contributed by atoms with van der Waals surface area (Å²) >= 11 is 0. The van der Waals surface area contributed by atoms with E-state index < -0.39 is 0 Å². The van der Waals surface area contributed by atoms with Crippen LogP contribution in [0.3, 0.4) is 0 Å². The van der Waals surface area contributed by atoms with Crippen molar-refractivity contribution < 1.29 is 9.90 Å². The summed E-state index contributed by atoms with van der Waals surface area (Å²) < 4.78 is 0. The van der Waals surface area contributed by atoms with Crippen molar-refractivity contribution in [2.45, 2.75) is 45.1 Å². The number of likely N-dealkylation sites (tertiary alicyclic amines) is 1. The third kappa shape index (κ3) is 2.83. The summed E-state index contributed by atoms with van der Waals surface area (Å²) in [7, 11) is 0. The Morgan fingerprint density at radius 2 is 2.00 bits per heavy atom. The van der Waals surface area contributed by atoms with E-state index in [4.69, 9.17) is 0 Å². The molecule has 1 saturated heterocycles. The van der Waals surface area contributed by atoms with Gasteiger partial charge in [0.15, 0.2) is 0 Å². The zero-order chi connectivity index (χ0) is 11.5. The fraction of sp³-hybridized carbons (Fsp3) is 0.923. The van der Waals surface area contributed by atoms with Crippen LogP contribution in [-0.4, -0.2) is 41.5 Å². The van der Waals surface area contributed by atoms with Gasteiger partial charge < -0.3 is 5.11 Å². The highest BCUT2D eigenvalue weighted by Gasteiger charge is 2.28. The van der Waals surface area contributed by atoms with E-state index in [0.717, 1.165) is 25.8 Å². The molecule has 0 amide bonds. The summed E-state index contributed by atoms with van der Waals surface area (Å²) in [5.74, 6) is 1.11. The number of hydrogen-bond donors (Lipinski definition) is 1. The number of nitrogens with zero attached hydrogens (tertiary/aromatic N) is 1. The van der Waals surface area contributed by atoms with Gasteiger partial charge in [-0.2, -0.15) is 0 Å². The van der Waals surface area contributed by atoms with Crippen LogP contribution >= 0.6 is 0 Å². The molecule has 16 heavy (non-hydrogen) atoms. The minimum atomic E-state index is -0.245. The van der Waals surface area contributed by atoms with Crippen molar-refractivity contribution >= 4 is 5.78 Å². The SMILES string of the molecule is CC1CCN(CC(=O)C2CCCC2)CC1O. The van der Waals surface area contributed by atoms with Crippen molar-refractivity contribution in [1.82, 2.24) is 4.90 Å². The zero-order valence-corrected chi connectivity index (χ0v) is 10.2. The summed E-state index contributed by atoms with van der Waals surface area (Å²) in [6.07, 6.45) is 5.38. The van der Waals surface area contributed by atoms with Gasteiger partial charge in [-0.05, 0) is 31.7 Å². The number of Topliss-reactive ketones (excluding diaryl/α,β-unsaturated/α-hetero) is 1. The largest absolute Gasteiger partial charge is 0.392 e. The maximum absolute atomic E-state index is 12.0. The highest BCUT2D eigenvalue weighted by molar-refractivity contribution is 5.83. The quantitative estimate of drug-likeness (QED) is 0.790. The molecule has 0 bridgehead atoms. The Bertz CT molecular complexity index is 248. The van der Waals surface area contributed by atoms with Crippen molar-refractivity contribution in [3.63, 3.8) is 0 Å². The van der Waals surface area contributed by atoms with E-state index in [1.807, 2.05) is 0 Å². The van der Waals surface area contributed by atoms with Crippen LogP contribution < -0.4 is 0 Å². The van der Waals surface area contributed by atoms with Gasteiger partial charge in [0.2, 0.25) is 0 Å². The summed E-state index contributed by atoms with van der Waals surface area (Å²) in [5.41, 5.74) is 0. The lowest BCUT2D eigenvalue weighted by molar-refractivity contribution is -0.124. The number of aliphatic hydroxyl groups is 1. The monoisotopic (exact) mass is 225 g/mol. The Morgan fingerprint density at radius 3 is 2.62 bits per heavy atom. The molecule has 0 radical (unpaired) electrons. The maximum Gasteiger partial charge on any atom is 0.149 e. The predicted octanol–water partition coefficient (Wildman–Crippen LogP) is 1.45. The average Bonchev–Trinajstić information content (AvgIpc) is 2.77. The molecule has 2 rings (SSSR count). The van der Waals surface area contributed by atoms with Crippen molar-refractivity contribution in [2.24, 2.45) is 11.8 Å². The second-order valence-electron chi connectivity index (χ2n) is 5.52. The lowest BCUT2D eigenvalue weighted by atomic mass is 9.95. The molecule has 1 aliphatic carbocycles. The minimum Gasteiger partial charge on any atom is -0.392 e. The topological polar surface area (TPSA) is 40.5 Å². The lowest BCUT2D eigenvalue weighted by Gasteiger charge is -2.34. The molecule has 92 valence electrons. The Hall–Kier alpha value is -0.410. The van der Waals surface area contributed by atoms with Gasteiger partial charge in [0.1, 0.15) is 5.78 Å². The zero-order valence-electron chi connectivity index (χ0n) is 10.2. The fourth-order valence-corrected chi connectivity index (χ4v) is 2.86. The van der Waals surface area contributed by atoms with Gasteiger partial charge in [-0.25, -0.2) is 0 Å². The first-order chi connectivity index (χ1) is 7.66. The van der Waals surface area contributed by atoms with Crippen LogP contribution in [0.4, 0.5) is 0 Å². The van der Waals surface area contributed by atoms with Crippen LogP contribution in [0, 0.1) is 11.8 Å².